The van der Waals surface area contributed by atoms with Gasteiger partial charge >= 0.3 is 7.60 Å². The van der Waals surface area contributed by atoms with Gasteiger partial charge in [0, 0.05) is 0 Å². The minimum Gasteiger partial charge on any atom is -0.324 e. The second-order valence-corrected chi connectivity index (χ2v) is 6.14. The van der Waals surface area contributed by atoms with Crippen LogP contribution < -0.4 is 0 Å². The number of hydrogen-bond donors (Lipinski definition) is 2. The summed E-state index contributed by atoms with van der Waals surface area (Å²) in [5.74, 6) is 0. The van der Waals surface area contributed by atoms with E-state index in [0.717, 1.165) is 5.56 Å². The largest absolute Gasteiger partial charge is 0.335 e. The average molecular weight is 226 g/mol. The van der Waals surface area contributed by atoms with E-state index in [-0.39, 0.29) is 0 Å². The van der Waals surface area contributed by atoms with Gasteiger partial charge in [0.25, 0.3) is 0 Å². The molecular weight excluding hydrogens is 211 g/mol. The lowest BCUT2D eigenvalue weighted by molar-refractivity contribution is 0.338. The number of rotatable bonds is 3. The van der Waals surface area contributed by atoms with E-state index in [4.69, 9.17) is 0 Å². The maximum atomic E-state index is 11.3. The standard InChI is InChI=1S/C11H15O3P/c1-4-9-5-7-10(8-6-9)11(2,3)15(12,13)14/h4-8H,1H2,2-3H3,(H2,12,13,14). The number of benzene rings is 1. The van der Waals surface area contributed by atoms with E-state index in [1.807, 2.05) is 0 Å². The van der Waals surface area contributed by atoms with Crippen LogP contribution >= 0.6 is 7.60 Å². The Labute approximate surface area is 89.6 Å². The fraction of sp³-hybridized carbons (Fsp3) is 0.273. The molecule has 15 heavy (non-hydrogen) atoms. The predicted molar refractivity (Wildman–Crippen MR) is 61.6 cm³/mol. The average Bonchev–Trinajstić information content (AvgIpc) is 2.16. The van der Waals surface area contributed by atoms with Gasteiger partial charge in [-0.25, -0.2) is 0 Å². The van der Waals surface area contributed by atoms with Crippen molar-refractivity contribution in [3.05, 3.63) is 42.0 Å². The maximum Gasteiger partial charge on any atom is 0.335 e. The molecule has 0 aliphatic carbocycles. The minimum atomic E-state index is -4.14. The Balaban J connectivity index is 3.17. The fourth-order valence-electron chi connectivity index (χ4n) is 1.20. The molecule has 0 bridgehead atoms. The van der Waals surface area contributed by atoms with Gasteiger partial charge in [-0.15, -0.1) is 0 Å². The van der Waals surface area contributed by atoms with Crippen molar-refractivity contribution in [2.45, 2.75) is 19.0 Å². The van der Waals surface area contributed by atoms with Crippen LogP contribution in [-0.2, 0) is 9.72 Å². The van der Waals surface area contributed by atoms with Crippen LogP contribution in [-0.4, -0.2) is 9.79 Å². The van der Waals surface area contributed by atoms with Gasteiger partial charge < -0.3 is 9.79 Å². The summed E-state index contributed by atoms with van der Waals surface area (Å²) in [5.41, 5.74) is 1.56. The third-order valence-corrected chi connectivity index (χ3v) is 4.30. The third-order valence-electron chi connectivity index (χ3n) is 2.58. The van der Waals surface area contributed by atoms with Crippen LogP contribution in [0.3, 0.4) is 0 Å². The van der Waals surface area contributed by atoms with Crippen molar-refractivity contribution in [2.75, 3.05) is 0 Å². The lowest BCUT2D eigenvalue weighted by Gasteiger charge is -2.26. The Hall–Kier alpha value is -0.890. The third kappa shape index (κ3) is 2.37. The highest BCUT2D eigenvalue weighted by Crippen LogP contribution is 2.56. The Morgan fingerprint density at radius 1 is 1.27 bits per heavy atom. The molecule has 0 amide bonds. The van der Waals surface area contributed by atoms with Crippen molar-refractivity contribution in [1.29, 1.82) is 0 Å². The second kappa shape index (κ2) is 3.93. The molecule has 2 N–H and O–H groups in total. The molecule has 0 fully saturated rings. The van der Waals surface area contributed by atoms with Gasteiger partial charge in [-0.1, -0.05) is 36.9 Å². The van der Waals surface area contributed by atoms with Crippen LogP contribution in [0.25, 0.3) is 6.08 Å². The molecule has 0 heterocycles. The van der Waals surface area contributed by atoms with E-state index in [0.29, 0.717) is 5.56 Å². The lowest BCUT2D eigenvalue weighted by Crippen LogP contribution is -2.17. The van der Waals surface area contributed by atoms with Crippen molar-refractivity contribution in [3.8, 4) is 0 Å². The molecule has 1 aromatic carbocycles. The molecule has 0 atom stereocenters. The van der Waals surface area contributed by atoms with Crippen LogP contribution in [0, 0.1) is 0 Å². The smallest absolute Gasteiger partial charge is 0.324 e. The molecule has 0 saturated carbocycles. The maximum absolute atomic E-state index is 11.3. The van der Waals surface area contributed by atoms with E-state index >= 15 is 0 Å². The summed E-state index contributed by atoms with van der Waals surface area (Å²) in [6, 6.07) is 7.02. The zero-order valence-electron chi connectivity index (χ0n) is 8.84. The van der Waals surface area contributed by atoms with E-state index in [1.165, 1.54) is 13.8 Å². The first-order chi connectivity index (χ1) is 6.79. The van der Waals surface area contributed by atoms with E-state index in [1.54, 1.807) is 30.3 Å². The van der Waals surface area contributed by atoms with Crippen molar-refractivity contribution in [1.82, 2.24) is 0 Å². The summed E-state index contributed by atoms with van der Waals surface area (Å²) in [6.07, 6.45) is 1.69. The Morgan fingerprint density at radius 2 is 1.73 bits per heavy atom. The molecule has 0 radical (unpaired) electrons. The molecule has 0 unspecified atom stereocenters. The normalized spacial score (nSPS) is 12.5. The van der Waals surface area contributed by atoms with Gasteiger partial charge in [-0.3, -0.25) is 4.57 Å². The zero-order chi connectivity index (χ0) is 11.7. The van der Waals surface area contributed by atoms with Crippen LogP contribution in [0.4, 0.5) is 0 Å². The van der Waals surface area contributed by atoms with Gasteiger partial charge in [-0.05, 0) is 25.0 Å². The highest BCUT2D eigenvalue weighted by atomic mass is 31.2. The zero-order valence-corrected chi connectivity index (χ0v) is 9.74. The van der Waals surface area contributed by atoms with Gasteiger partial charge in [0.05, 0.1) is 5.16 Å². The fourth-order valence-corrected chi connectivity index (χ4v) is 1.68. The van der Waals surface area contributed by atoms with Gasteiger partial charge in [0.15, 0.2) is 0 Å². The van der Waals surface area contributed by atoms with E-state index < -0.39 is 12.8 Å². The molecule has 3 nitrogen and oxygen atoms in total. The summed E-state index contributed by atoms with van der Waals surface area (Å²) >= 11 is 0. The molecule has 4 heteroatoms. The van der Waals surface area contributed by atoms with Crippen LogP contribution in [0.15, 0.2) is 30.8 Å². The van der Waals surface area contributed by atoms with E-state index in [2.05, 4.69) is 6.58 Å². The molecular formula is C11H15O3P. The van der Waals surface area contributed by atoms with Crippen molar-refractivity contribution in [2.24, 2.45) is 0 Å². The molecule has 0 saturated heterocycles. The van der Waals surface area contributed by atoms with Crippen LogP contribution in [0.2, 0.25) is 0 Å². The van der Waals surface area contributed by atoms with Gasteiger partial charge in [-0.2, -0.15) is 0 Å². The molecule has 1 aromatic rings. The molecule has 0 aromatic heterocycles. The Morgan fingerprint density at radius 3 is 2.07 bits per heavy atom. The highest BCUT2D eigenvalue weighted by molar-refractivity contribution is 7.53. The Kier molecular flexibility index (Phi) is 3.19. The highest BCUT2D eigenvalue weighted by Gasteiger charge is 2.39. The van der Waals surface area contributed by atoms with Crippen LogP contribution in [0.1, 0.15) is 25.0 Å². The summed E-state index contributed by atoms with van der Waals surface area (Å²) in [4.78, 5) is 18.4. The molecule has 0 aliphatic rings. The molecule has 0 spiro atoms. The summed E-state index contributed by atoms with van der Waals surface area (Å²) < 4.78 is 11.3. The minimum absolute atomic E-state index is 0.626. The summed E-state index contributed by atoms with van der Waals surface area (Å²) in [7, 11) is -4.14. The molecule has 82 valence electrons. The van der Waals surface area contributed by atoms with Crippen molar-refractivity contribution >= 4 is 13.7 Å². The van der Waals surface area contributed by atoms with Gasteiger partial charge in [0.1, 0.15) is 0 Å². The van der Waals surface area contributed by atoms with Gasteiger partial charge in [0.2, 0.25) is 0 Å². The topological polar surface area (TPSA) is 57.5 Å². The Bertz CT molecular complexity index is 400. The molecule has 0 aliphatic heterocycles. The second-order valence-electron chi connectivity index (χ2n) is 3.93. The monoisotopic (exact) mass is 226 g/mol. The first kappa shape index (κ1) is 12.2. The SMILES string of the molecule is C=Cc1ccc(C(C)(C)P(=O)(O)O)cc1. The first-order valence-electron chi connectivity index (χ1n) is 4.57. The van der Waals surface area contributed by atoms with E-state index in [9.17, 15) is 14.4 Å². The quantitative estimate of drug-likeness (QED) is 0.779. The van der Waals surface area contributed by atoms with Crippen LogP contribution in [0.5, 0.6) is 0 Å². The lowest BCUT2D eigenvalue weighted by atomic mass is 10.0. The first-order valence-corrected chi connectivity index (χ1v) is 6.19. The summed E-state index contributed by atoms with van der Waals surface area (Å²) in [5, 5.41) is -1.15. The summed E-state index contributed by atoms with van der Waals surface area (Å²) in [6.45, 7) is 6.69. The predicted octanol–water partition coefficient (Wildman–Crippen LogP) is 2.74. The van der Waals surface area contributed by atoms with Crippen molar-refractivity contribution < 1.29 is 14.4 Å². The molecule has 1 rings (SSSR count). The number of hydrogen-bond acceptors (Lipinski definition) is 1. The van der Waals surface area contributed by atoms with Crippen molar-refractivity contribution in [3.63, 3.8) is 0 Å².